The fourth-order valence-electron chi connectivity index (χ4n) is 2.67. The number of halogens is 1. The minimum atomic E-state index is -0.214. The van der Waals surface area contributed by atoms with Crippen LogP contribution in [-0.4, -0.2) is 11.5 Å². The molecular formula is C18H17FN2. The normalized spacial score (nSPS) is 12.5. The summed E-state index contributed by atoms with van der Waals surface area (Å²) in [5.74, 6) is -0.214. The number of aromatic nitrogens is 1. The van der Waals surface area contributed by atoms with Gasteiger partial charge in [-0.25, -0.2) is 4.39 Å². The van der Waals surface area contributed by atoms with E-state index in [9.17, 15) is 4.39 Å². The van der Waals surface area contributed by atoms with E-state index >= 15 is 0 Å². The first kappa shape index (κ1) is 13.7. The Kier molecular flexibility index (Phi) is 3.93. The third kappa shape index (κ3) is 2.78. The molecule has 1 unspecified atom stereocenters. The molecule has 0 aliphatic carbocycles. The lowest BCUT2D eigenvalue weighted by molar-refractivity contribution is 0.604. The molecule has 106 valence electrons. The Morgan fingerprint density at radius 1 is 1.10 bits per heavy atom. The Bertz CT molecular complexity index is 750. The maximum atomic E-state index is 13.6. The van der Waals surface area contributed by atoms with E-state index in [0.29, 0.717) is 0 Å². The zero-order valence-corrected chi connectivity index (χ0v) is 11.9. The van der Waals surface area contributed by atoms with Crippen LogP contribution < -0.4 is 5.32 Å². The van der Waals surface area contributed by atoms with Crippen molar-refractivity contribution in [2.45, 2.75) is 13.0 Å². The van der Waals surface area contributed by atoms with Crippen molar-refractivity contribution >= 4 is 10.9 Å². The maximum absolute atomic E-state index is 13.6. The summed E-state index contributed by atoms with van der Waals surface area (Å²) >= 11 is 0. The molecule has 1 aromatic heterocycles. The van der Waals surface area contributed by atoms with Crippen molar-refractivity contribution in [3.63, 3.8) is 0 Å². The number of pyridine rings is 1. The molecule has 1 heterocycles. The summed E-state index contributed by atoms with van der Waals surface area (Å²) in [6, 6.07) is 16.7. The van der Waals surface area contributed by atoms with Gasteiger partial charge in [-0.3, -0.25) is 4.98 Å². The number of nitrogens with one attached hydrogen (secondary N) is 1. The highest BCUT2D eigenvalue weighted by molar-refractivity contribution is 5.82. The summed E-state index contributed by atoms with van der Waals surface area (Å²) in [6.07, 6.45) is 1.81. The number of para-hydroxylation sites is 1. The van der Waals surface area contributed by atoms with Gasteiger partial charge < -0.3 is 5.32 Å². The Morgan fingerprint density at radius 2 is 1.95 bits per heavy atom. The van der Waals surface area contributed by atoms with E-state index in [2.05, 4.69) is 23.3 Å². The van der Waals surface area contributed by atoms with Gasteiger partial charge in [-0.2, -0.15) is 0 Å². The lowest BCUT2D eigenvalue weighted by Gasteiger charge is -2.20. The van der Waals surface area contributed by atoms with Crippen LogP contribution in [0.1, 0.15) is 24.1 Å². The first-order chi connectivity index (χ1) is 10.3. The van der Waals surface area contributed by atoms with Crippen LogP contribution in [-0.2, 0) is 0 Å². The molecule has 1 N–H and O–H groups in total. The fourth-order valence-corrected chi connectivity index (χ4v) is 2.67. The predicted octanol–water partition coefficient (Wildman–Crippen LogP) is 4.07. The third-order valence-corrected chi connectivity index (χ3v) is 3.58. The predicted molar refractivity (Wildman–Crippen MR) is 83.7 cm³/mol. The number of hydrogen-bond acceptors (Lipinski definition) is 2. The molecular weight excluding hydrogens is 263 g/mol. The molecule has 0 radical (unpaired) electrons. The van der Waals surface area contributed by atoms with E-state index in [1.54, 1.807) is 18.3 Å². The second kappa shape index (κ2) is 6.02. The van der Waals surface area contributed by atoms with Crippen LogP contribution >= 0.6 is 0 Å². The first-order valence-electron chi connectivity index (χ1n) is 7.12. The molecule has 0 bridgehead atoms. The fraction of sp³-hybridized carbons (Fsp3) is 0.167. The first-order valence-corrected chi connectivity index (χ1v) is 7.12. The molecule has 2 nitrogen and oxygen atoms in total. The summed E-state index contributed by atoms with van der Waals surface area (Å²) in [5.41, 5.74) is 3.00. The van der Waals surface area contributed by atoms with Gasteiger partial charge in [0.2, 0.25) is 0 Å². The van der Waals surface area contributed by atoms with Crippen molar-refractivity contribution < 1.29 is 4.39 Å². The Labute approximate surface area is 123 Å². The number of nitrogens with zero attached hydrogens (tertiary/aromatic N) is 1. The molecule has 21 heavy (non-hydrogen) atoms. The summed E-state index contributed by atoms with van der Waals surface area (Å²) < 4.78 is 13.6. The molecule has 3 rings (SSSR count). The summed E-state index contributed by atoms with van der Waals surface area (Å²) in [4.78, 5) is 4.39. The van der Waals surface area contributed by atoms with Crippen LogP contribution in [0, 0.1) is 5.82 Å². The van der Waals surface area contributed by atoms with Gasteiger partial charge in [0.1, 0.15) is 5.82 Å². The minimum Gasteiger partial charge on any atom is -0.307 e. The maximum Gasteiger partial charge on any atom is 0.123 e. The molecule has 3 heteroatoms. The van der Waals surface area contributed by atoms with Gasteiger partial charge >= 0.3 is 0 Å². The molecule has 0 saturated carbocycles. The molecule has 2 aromatic carbocycles. The number of rotatable bonds is 4. The molecule has 3 aromatic rings. The van der Waals surface area contributed by atoms with Gasteiger partial charge in [0.15, 0.2) is 0 Å². The van der Waals surface area contributed by atoms with Crippen molar-refractivity contribution in [1.29, 1.82) is 0 Å². The third-order valence-electron chi connectivity index (χ3n) is 3.58. The van der Waals surface area contributed by atoms with Crippen LogP contribution in [0.5, 0.6) is 0 Å². The van der Waals surface area contributed by atoms with Crippen LogP contribution in [0.3, 0.4) is 0 Å². The van der Waals surface area contributed by atoms with Crippen molar-refractivity contribution in [3.8, 4) is 0 Å². The molecule has 1 atom stereocenters. The van der Waals surface area contributed by atoms with E-state index in [0.717, 1.165) is 28.6 Å². The van der Waals surface area contributed by atoms with Crippen molar-refractivity contribution in [2.24, 2.45) is 0 Å². The van der Waals surface area contributed by atoms with E-state index in [1.807, 2.05) is 30.3 Å². The van der Waals surface area contributed by atoms with Gasteiger partial charge in [-0.1, -0.05) is 37.3 Å². The monoisotopic (exact) mass is 280 g/mol. The second-order valence-electron chi connectivity index (χ2n) is 4.96. The topological polar surface area (TPSA) is 24.9 Å². The summed E-state index contributed by atoms with van der Waals surface area (Å²) in [5, 5.41) is 4.53. The van der Waals surface area contributed by atoms with Crippen molar-refractivity contribution in [2.75, 3.05) is 6.54 Å². The van der Waals surface area contributed by atoms with Crippen molar-refractivity contribution in [3.05, 3.63) is 77.7 Å². The largest absolute Gasteiger partial charge is 0.307 e. The molecule has 0 saturated heterocycles. The van der Waals surface area contributed by atoms with Crippen LogP contribution in [0.4, 0.5) is 4.39 Å². The number of hydrogen-bond donors (Lipinski definition) is 1. The molecule has 0 spiro atoms. The quantitative estimate of drug-likeness (QED) is 0.779. The highest BCUT2D eigenvalue weighted by Gasteiger charge is 2.16. The van der Waals surface area contributed by atoms with Gasteiger partial charge in [0, 0.05) is 11.6 Å². The smallest absolute Gasteiger partial charge is 0.123 e. The molecule has 0 aliphatic heterocycles. The van der Waals surface area contributed by atoms with Gasteiger partial charge in [0.05, 0.1) is 11.6 Å². The highest BCUT2D eigenvalue weighted by atomic mass is 19.1. The Balaban J connectivity index is 2.16. The van der Waals surface area contributed by atoms with Gasteiger partial charge in [0.25, 0.3) is 0 Å². The second-order valence-corrected chi connectivity index (χ2v) is 4.96. The van der Waals surface area contributed by atoms with E-state index in [-0.39, 0.29) is 11.9 Å². The molecule has 0 amide bonds. The van der Waals surface area contributed by atoms with Crippen LogP contribution in [0.2, 0.25) is 0 Å². The van der Waals surface area contributed by atoms with E-state index in [4.69, 9.17) is 0 Å². The average molecular weight is 280 g/mol. The Morgan fingerprint density at radius 3 is 2.76 bits per heavy atom. The number of fused-ring (bicyclic) bond motifs is 1. The minimum absolute atomic E-state index is 0.0430. The Hall–Kier alpha value is -2.26. The van der Waals surface area contributed by atoms with Crippen molar-refractivity contribution in [1.82, 2.24) is 10.3 Å². The van der Waals surface area contributed by atoms with Gasteiger partial charge in [-0.15, -0.1) is 0 Å². The highest BCUT2D eigenvalue weighted by Crippen LogP contribution is 2.28. The average Bonchev–Trinajstić information content (AvgIpc) is 2.52. The SMILES string of the molecule is CCNC(c1cccc(F)c1)c1ccnc2ccccc12. The zero-order chi connectivity index (χ0) is 14.7. The summed E-state index contributed by atoms with van der Waals surface area (Å²) in [7, 11) is 0. The summed E-state index contributed by atoms with van der Waals surface area (Å²) in [6.45, 7) is 2.85. The van der Waals surface area contributed by atoms with Crippen LogP contribution in [0.15, 0.2) is 60.8 Å². The zero-order valence-electron chi connectivity index (χ0n) is 11.9. The molecule has 0 fully saturated rings. The van der Waals surface area contributed by atoms with Gasteiger partial charge in [-0.05, 0) is 41.9 Å². The lowest BCUT2D eigenvalue weighted by Crippen LogP contribution is -2.22. The standard InChI is InChI=1S/C18H17FN2/c1-2-20-18(13-6-5-7-14(19)12-13)16-10-11-21-17-9-4-3-8-15(16)17/h3-12,18,20H,2H2,1H3. The van der Waals surface area contributed by atoms with E-state index < -0.39 is 0 Å². The van der Waals surface area contributed by atoms with Crippen LogP contribution in [0.25, 0.3) is 10.9 Å². The van der Waals surface area contributed by atoms with E-state index in [1.165, 1.54) is 6.07 Å². The molecule has 0 aliphatic rings. The lowest BCUT2D eigenvalue weighted by atomic mass is 9.95. The number of benzene rings is 2.